The van der Waals surface area contributed by atoms with Gasteiger partial charge in [-0.3, -0.25) is 4.79 Å². The smallest absolute Gasteiger partial charge is 0.326 e. The summed E-state index contributed by atoms with van der Waals surface area (Å²) >= 11 is 0. The second kappa shape index (κ2) is 7.44. The average Bonchev–Trinajstić information content (AvgIpc) is 2.24. The van der Waals surface area contributed by atoms with Crippen LogP contribution in [0.3, 0.4) is 0 Å². The molecule has 0 aromatic carbocycles. The van der Waals surface area contributed by atoms with Crippen molar-refractivity contribution in [2.75, 3.05) is 13.7 Å². The molecule has 0 spiro atoms. The summed E-state index contributed by atoms with van der Waals surface area (Å²) in [6.07, 6.45) is -0.650. The van der Waals surface area contributed by atoms with Crippen molar-refractivity contribution in [3.8, 4) is 0 Å². The molecule has 0 aliphatic rings. The molecule has 0 aromatic heterocycles. The molecule has 17 heavy (non-hydrogen) atoms. The lowest BCUT2D eigenvalue weighted by Crippen LogP contribution is -2.48. The third-order valence-corrected chi connectivity index (χ3v) is 1.96. The first-order valence-corrected chi connectivity index (χ1v) is 4.95. The zero-order valence-electron chi connectivity index (χ0n) is 9.73. The van der Waals surface area contributed by atoms with Gasteiger partial charge in [-0.25, -0.2) is 9.59 Å². The highest BCUT2D eigenvalue weighted by molar-refractivity contribution is 5.87. The van der Waals surface area contributed by atoms with Gasteiger partial charge in [-0.05, 0) is 6.92 Å². The molecule has 0 aliphatic carbocycles. The molecule has 2 unspecified atom stereocenters. The third kappa shape index (κ3) is 7.12. The van der Waals surface area contributed by atoms with E-state index in [0.717, 1.165) is 0 Å². The lowest BCUT2D eigenvalue weighted by Gasteiger charge is -2.15. The Labute approximate surface area is 98.5 Å². The Kier molecular flexibility index (Phi) is 6.64. The second-order valence-corrected chi connectivity index (χ2v) is 3.46. The topological polar surface area (TPSA) is 131 Å². The zero-order chi connectivity index (χ0) is 13.4. The van der Waals surface area contributed by atoms with Crippen molar-refractivity contribution in [3.63, 3.8) is 0 Å². The number of aliphatic carboxylic acids is 1. The van der Waals surface area contributed by atoms with E-state index in [-0.39, 0.29) is 12.6 Å². The first-order valence-electron chi connectivity index (χ1n) is 4.95. The van der Waals surface area contributed by atoms with Crippen LogP contribution >= 0.6 is 0 Å². The van der Waals surface area contributed by atoms with Crippen molar-refractivity contribution in [1.29, 1.82) is 0 Å². The van der Waals surface area contributed by atoms with Crippen molar-refractivity contribution >= 4 is 17.9 Å². The molecule has 98 valence electrons. The number of nitrogens with two attached hydrogens (primary N) is 1. The van der Waals surface area contributed by atoms with Crippen LogP contribution in [-0.4, -0.2) is 48.8 Å². The molecule has 0 aromatic rings. The molecule has 5 N–H and O–H groups in total. The van der Waals surface area contributed by atoms with Gasteiger partial charge in [-0.1, -0.05) is 0 Å². The number of methoxy groups -OCH3 is 1. The maximum absolute atomic E-state index is 11.3. The molecular weight excluding hydrogens is 230 g/mol. The van der Waals surface area contributed by atoms with Crippen molar-refractivity contribution in [2.45, 2.75) is 25.5 Å². The first kappa shape index (κ1) is 15.2. The van der Waals surface area contributed by atoms with E-state index in [1.165, 1.54) is 7.11 Å². The van der Waals surface area contributed by atoms with E-state index in [0.29, 0.717) is 0 Å². The minimum Gasteiger partial charge on any atom is -0.480 e. The Morgan fingerprint density at radius 3 is 2.41 bits per heavy atom. The molecule has 0 fully saturated rings. The normalized spacial score (nSPS) is 13.5. The van der Waals surface area contributed by atoms with Crippen LogP contribution in [0.2, 0.25) is 0 Å². The van der Waals surface area contributed by atoms with Gasteiger partial charge in [-0.15, -0.1) is 0 Å². The summed E-state index contributed by atoms with van der Waals surface area (Å²) in [6.45, 7) is 1.96. The number of nitrogens with one attached hydrogen (secondary N) is 2. The molecule has 0 bridgehead atoms. The van der Waals surface area contributed by atoms with Crippen LogP contribution in [0.15, 0.2) is 0 Å². The number of carboxylic acids is 1. The molecule has 0 radical (unpaired) electrons. The molecule has 0 saturated carbocycles. The van der Waals surface area contributed by atoms with E-state index < -0.39 is 30.4 Å². The van der Waals surface area contributed by atoms with Gasteiger partial charge in [-0.2, -0.15) is 0 Å². The molecule has 0 heterocycles. The highest BCUT2D eigenvalue weighted by Gasteiger charge is 2.21. The average molecular weight is 247 g/mol. The number of hydrogen-bond donors (Lipinski definition) is 4. The number of ether oxygens (including phenoxy) is 1. The van der Waals surface area contributed by atoms with Crippen LogP contribution in [0.4, 0.5) is 4.79 Å². The van der Waals surface area contributed by atoms with Crippen LogP contribution < -0.4 is 16.4 Å². The number of hydrogen-bond acceptors (Lipinski definition) is 4. The van der Waals surface area contributed by atoms with E-state index in [1.54, 1.807) is 6.92 Å². The minimum absolute atomic E-state index is 0.194. The predicted octanol–water partition coefficient (Wildman–Crippen LogP) is -1.35. The molecule has 8 heteroatoms. The summed E-state index contributed by atoms with van der Waals surface area (Å²) in [4.78, 5) is 32.5. The van der Waals surface area contributed by atoms with Crippen molar-refractivity contribution in [2.24, 2.45) is 5.73 Å². The molecule has 8 nitrogen and oxygen atoms in total. The number of primary amides is 1. The fraction of sp³-hybridized carbons (Fsp3) is 0.667. The van der Waals surface area contributed by atoms with Gasteiger partial charge < -0.3 is 26.2 Å². The van der Waals surface area contributed by atoms with Gasteiger partial charge in [0.25, 0.3) is 0 Å². The molecule has 0 aliphatic heterocycles. The number of carbonyl (C=O) groups excluding carboxylic acids is 2. The van der Waals surface area contributed by atoms with Crippen molar-refractivity contribution < 1.29 is 24.2 Å². The summed E-state index contributed by atoms with van der Waals surface area (Å²) in [6, 6.07) is -2.02. The largest absolute Gasteiger partial charge is 0.480 e. The highest BCUT2D eigenvalue weighted by Crippen LogP contribution is 1.92. The monoisotopic (exact) mass is 247 g/mol. The minimum atomic E-state index is -1.33. The van der Waals surface area contributed by atoms with Gasteiger partial charge in [0.1, 0.15) is 6.04 Å². The summed E-state index contributed by atoms with van der Waals surface area (Å²) in [5, 5.41) is 13.2. The zero-order valence-corrected chi connectivity index (χ0v) is 9.73. The third-order valence-electron chi connectivity index (χ3n) is 1.96. The highest BCUT2D eigenvalue weighted by atomic mass is 16.5. The van der Waals surface area contributed by atoms with Crippen LogP contribution in [0, 0.1) is 0 Å². The maximum Gasteiger partial charge on any atom is 0.326 e. The molecule has 0 rings (SSSR count). The SMILES string of the molecule is COC(C)CNC(=O)NC(CC(N)=O)C(=O)O. The fourth-order valence-corrected chi connectivity index (χ4v) is 0.930. The van der Waals surface area contributed by atoms with E-state index in [1.807, 2.05) is 0 Å². The van der Waals surface area contributed by atoms with Gasteiger partial charge in [0.05, 0.1) is 12.5 Å². The fourth-order valence-electron chi connectivity index (χ4n) is 0.930. The summed E-state index contributed by atoms with van der Waals surface area (Å²) in [7, 11) is 1.48. The summed E-state index contributed by atoms with van der Waals surface area (Å²) < 4.78 is 4.88. The van der Waals surface area contributed by atoms with Crippen LogP contribution in [0.25, 0.3) is 0 Å². The Balaban J connectivity index is 4.13. The molecule has 0 saturated heterocycles. The summed E-state index contributed by atoms with van der Waals surface area (Å²) in [5.74, 6) is -2.12. The lowest BCUT2D eigenvalue weighted by atomic mass is 10.2. The number of urea groups is 1. The van der Waals surface area contributed by atoms with Gasteiger partial charge in [0, 0.05) is 13.7 Å². The number of rotatable bonds is 7. The first-order chi connectivity index (χ1) is 7.86. The van der Waals surface area contributed by atoms with Crippen LogP contribution in [0.1, 0.15) is 13.3 Å². The second-order valence-electron chi connectivity index (χ2n) is 3.46. The number of carbonyl (C=O) groups is 3. The van der Waals surface area contributed by atoms with Gasteiger partial charge >= 0.3 is 12.0 Å². The summed E-state index contributed by atoms with van der Waals surface area (Å²) in [5.41, 5.74) is 4.86. The van der Waals surface area contributed by atoms with E-state index in [4.69, 9.17) is 15.6 Å². The number of amides is 3. The van der Waals surface area contributed by atoms with Crippen LogP contribution in [0.5, 0.6) is 0 Å². The maximum atomic E-state index is 11.3. The number of carboxylic acid groups (broad SMARTS) is 1. The Morgan fingerprint density at radius 1 is 1.41 bits per heavy atom. The van der Waals surface area contributed by atoms with Crippen LogP contribution in [-0.2, 0) is 14.3 Å². The Morgan fingerprint density at radius 2 is 2.00 bits per heavy atom. The standard InChI is InChI=1S/C9H17N3O5/c1-5(17-2)4-11-9(16)12-6(8(14)15)3-7(10)13/h5-6H,3-4H2,1-2H3,(H2,10,13)(H,14,15)(H2,11,12,16). The molecule has 3 amide bonds. The van der Waals surface area contributed by atoms with Crippen molar-refractivity contribution in [1.82, 2.24) is 10.6 Å². The van der Waals surface area contributed by atoms with Crippen molar-refractivity contribution in [3.05, 3.63) is 0 Å². The van der Waals surface area contributed by atoms with E-state index in [9.17, 15) is 14.4 Å². The molecular formula is C9H17N3O5. The molecule has 2 atom stereocenters. The van der Waals surface area contributed by atoms with Gasteiger partial charge in [0.15, 0.2) is 0 Å². The van der Waals surface area contributed by atoms with Gasteiger partial charge in [0.2, 0.25) is 5.91 Å². The lowest BCUT2D eigenvalue weighted by molar-refractivity contribution is -0.140. The van der Waals surface area contributed by atoms with E-state index >= 15 is 0 Å². The Bertz CT molecular complexity index is 294. The van der Waals surface area contributed by atoms with E-state index in [2.05, 4.69) is 10.6 Å². The predicted molar refractivity (Wildman–Crippen MR) is 58.2 cm³/mol. The quantitative estimate of drug-likeness (QED) is 0.441. The Hall–Kier alpha value is -1.83.